The number of piperidine rings is 1. The molecule has 1 heterocycles. The van der Waals surface area contributed by atoms with E-state index in [0.717, 1.165) is 0 Å². The predicted octanol–water partition coefficient (Wildman–Crippen LogP) is 1.89. The molecule has 0 bridgehead atoms. The second-order valence-corrected chi connectivity index (χ2v) is 3.31. The molecule has 0 aromatic carbocycles. The summed E-state index contributed by atoms with van der Waals surface area (Å²) in [7, 11) is 0. The van der Waals surface area contributed by atoms with Crippen LogP contribution in [-0.2, 0) is 9.53 Å². The molecule has 0 aromatic rings. The number of hydrogen-bond acceptors (Lipinski definition) is 3. The van der Waals surface area contributed by atoms with Gasteiger partial charge in [-0.3, -0.25) is 0 Å². The summed E-state index contributed by atoms with van der Waals surface area (Å²) in [5.74, 6) is -0.312. The molecule has 1 saturated heterocycles. The molecule has 0 radical (unpaired) electrons. The highest BCUT2D eigenvalue weighted by Gasteiger charge is 1.98. The van der Waals surface area contributed by atoms with Crippen LogP contribution < -0.4 is 5.32 Å². The summed E-state index contributed by atoms with van der Waals surface area (Å²) in [4.78, 5) is 10.4. The van der Waals surface area contributed by atoms with E-state index in [-0.39, 0.29) is 5.97 Å². The molecule has 0 unspecified atom stereocenters. The maximum absolute atomic E-state index is 10.4. The zero-order chi connectivity index (χ0) is 10.8. The SMILES string of the molecule is C1CCNCC1.C=C(C)C(=O)OCC. The lowest BCUT2D eigenvalue weighted by Crippen LogP contribution is -2.21. The second-order valence-electron chi connectivity index (χ2n) is 3.31. The Balaban J connectivity index is 0.000000249. The number of esters is 1. The van der Waals surface area contributed by atoms with Crippen LogP contribution in [0.15, 0.2) is 12.2 Å². The maximum atomic E-state index is 10.4. The smallest absolute Gasteiger partial charge is 0.333 e. The van der Waals surface area contributed by atoms with Gasteiger partial charge in [-0.1, -0.05) is 13.0 Å². The van der Waals surface area contributed by atoms with E-state index >= 15 is 0 Å². The highest BCUT2D eigenvalue weighted by atomic mass is 16.5. The van der Waals surface area contributed by atoms with Crippen molar-refractivity contribution < 1.29 is 9.53 Å². The fourth-order valence-corrected chi connectivity index (χ4v) is 1.06. The van der Waals surface area contributed by atoms with Gasteiger partial charge in [0.1, 0.15) is 0 Å². The number of nitrogens with one attached hydrogen (secondary N) is 1. The van der Waals surface area contributed by atoms with E-state index in [1.54, 1.807) is 13.8 Å². The monoisotopic (exact) mass is 199 g/mol. The number of ether oxygens (including phenoxy) is 1. The Morgan fingerprint density at radius 3 is 2.07 bits per heavy atom. The molecule has 1 rings (SSSR count). The molecule has 0 aromatic heterocycles. The first-order valence-corrected chi connectivity index (χ1v) is 5.21. The molecular weight excluding hydrogens is 178 g/mol. The Morgan fingerprint density at radius 1 is 1.36 bits per heavy atom. The molecule has 82 valence electrons. The van der Waals surface area contributed by atoms with Gasteiger partial charge in [0.2, 0.25) is 0 Å². The predicted molar refractivity (Wildman–Crippen MR) is 58.2 cm³/mol. The first kappa shape index (κ1) is 13.2. The number of rotatable bonds is 2. The lowest BCUT2D eigenvalue weighted by Gasteiger charge is -2.08. The fraction of sp³-hybridized carbons (Fsp3) is 0.727. The van der Waals surface area contributed by atoms with Gasteiger partial charge in [-0.25, -0.2) is 4.79 Å². The highest BCUT2D eigenvalue weighted by molar-refractivity contribution is 5.86. The molecule has 0 spiro atoms. The molecule has 3 nitrogen and oxygen atoms in total. The molecule has 0 atom stereocenters. The van der Waals surface area contributed by atoms with Crippen LogP contribution in [0, 0.1) is 0 Å². The molecule has 0 saturated carbocycles. The van der Waals surface area contributed by atoms with Gasteiger partial charge in [0.15, 0.2) is 0 Å². The van der Waals surface area contributed by atoms with Crippen LogP contribution in [-0.4, -0.2) is 25.7 Å². The van der Waals surface area contributed by atoms with Crippen molar-refractivity contribution in [2.45, 2.75) is 33.1 Å². The van der Waals surface area contributed by atoms with E-state index in [2.05, 4.69) is 16.6 Å². The lowest BCUT2D eigenvalue weighted by molar-refractivity contribution is -0.138. The Bertz CT molecular complexity index is 163. The van der Waals surface area contributed by atoms with Crippen molar-refractivity contribution in [3.8, 4) is 0 Å². The van der Waals surface area contributed by atoms with Crippen molar-refractivity contribution in [1.82, 2.24) is 5.32 Å². The lowest BCUT2D eigenvalue weighted by atomic mass is 10.2. The number of carbonyl (C=O) groups excluding carboxylic acids is 1. The molecule has 3 heteroatoms. The summed E-state index contributed by atoms with van der Waals surface area (Å²) in [6.45, 7) is 9.71. The molecule has 0 aliphatic carbocycles. The summed E-state index contributed by atoms with van der Waals surface area (Å²) < 4.78 is 4.56. The van der Waals surface area contributed by atoms with Crippen LogP contribution in [0.25, 0.3) is 0 Å². The highest BCUT2D eigenvalue weighted by Crippen LogP contribution is 1.96. The van der Waals surface area contributed by atoms with E-state index < -0.39 is 0 Å². The molecule has 1 fully saturated rings. The first-order chi connectivity index (χ1) is 6.68. The van der Waals surface area contributed by atoms with Crippen LogP contribution in [0.3, 0.4) is 0 Å². The van der Waals surface area contributed by atoms with Crippen molar-refractivity contribution in [3.63, 3.8) is 0 Å². The third kappa shape index (κ3) is 7.80. The first-order valence-electron chi connectivity index (χ1n) is 5.21. The van der Waals surface area contributed by atoms with Crippen molar-refractivity contribution in [2.24, 2.45) is 0 Å². The van der Waals surface area contributed by atoms with Gasteiger partial charge in [-0.05, 0) is 39.8 Å². The minimum Gasteiger partial charge on any atom is -0.463 e. The van der Waals surface area contributed by atoms with Gasteiger partial charge in [0, 0.05) is 5.57 Å². The van der Waals surface area contributed by atoms with Crippen molar-refractivity contribution >= 4 is 5.97 Å². The van der Waals surface area contributed by atoms with Crippen LogP contribution in [0.5, 0.6) is 0 Å². The normalized spacial score (nSPS) is 15.0. The van der Waals surface area contributed by atoms with Crippen LogP contribution >= 0.6 is 0 Å². The van der Waals surface area contributed by atoms with Gasteiger partial charge < -0.3 is 10.1 Å². The van der Waals surface area contributed by atoms with Crippen molar-refractivity contribution in [1.29, 1.82) is 0 Å². The minimum atomic E-state index is -0.312. The van der Waals surface area contributed by atoms with Gasteiger partial charge in [0.05, 0.1) is 6.61 Å². The van der Waals surface area contributed by atoms with Gasteiger partial charge in [-0.15, -0.1) is 0 Å². The van der Waals surface area contributed by atoms with Crippen molar-refractivity contribution in [2.75, 3.05) is 19.7 Å². The van der Waals surface area contributed by atoms with Crippen molar-refractivity contribution in [3.05, 3.63) is 12.2 Å². The molecule has 1 aliphatic heterocycles. The molecule has 1 N–H and O–H groups in total. The molecule has 1 aliphatic rings. The van der Waals surface area contributed by atoms with Crippen LogP contribution in [0.2, 0.25) is 0 Å². The largest absolute Gasteiger partial charge is 0.463 e. The standard InChI is InChI=1S/C6H10O2.C5H11N/c1-4-8-6(7)5(2)3;1-2-4-6-5-3-1/h2,4H2,1,3H3;6H,1-5H2. The molecule has 0 amide bonds. The van der Waals surface area contributed by atoms with E-state index in [1.165, 1.54) is 32.4 Å². The summed E-state index contributed by atoms with van der Waals surface area (Å²) in [5.41, 5.74) is 0.451. The Morgan fingerprint density at radius 2 is 1.93 bits per heavy atom. The van der Waals surface area contributed by atoms with E-state index in [9.17, 15) is 4.79 Å². The van der Waals surface area contributed by atoms with Crippen LogP contribution in [0.4, 0.5) is 0 Å². The van der Waals surface area contributed by atoms with E-state index in [1.807, 2.05) is 0 Å². The molecular formula is C11H21NO2. The zero-order valence-electron chi connectivity index (χ0n) is 9.27. The summed E-state index contributed by atoms with van der Waals surface area (Å²) in [6.07, 6.45) is 4.22. The summed E-state index contributed by atoms with van der Waals surface area (Å²) in [5, 5.41) is 3.28. The average Bonchev–Trinajstić information content (AvgIpc) is 2.21. The van der Waals surface area contributed by atoms with Gasteiger partial charge >= 0.3 is 5.97 Å². The third-order valence-electron chi connectivity index (χ3n) is 1.83. The summed E-state index contributed by atoms with van der Waals surface area (Å²) >= 11 is 0. The van der Waals surface area contributed by atoms with Gasteiger partial charge in [0.25, 0.3) is 0 Å². The summed E-state index contributed by atoms with van der Waals surface area (Å²) in [6, 6.07) is 0. The number of carbonyl (C=O) groups is 1. The Kier molecular flexibility index (Phi) is 8.24. The third-order valence-corrected chi connectivity index (χ3v) is 1.83. The minimum absolute atomic E-state index is 0.312. The van der Waals surface area contributed by atoms with E-state index in [4.69, 9.17) is 0 Å². The van der Waals surface area contributed by atoms with Gasteiger partial charge in [-0.2, -0.15) is 0 Å². The average molecular weight is 199 g/mol. The van der Waals surface area contributed by atoms with Crippen LogP contribution in [0.1, 0.15) is 33.1 Å². The molecule has 14 heavy (non-hydrogen) atoms. The Hall–Kier alpha value is -0.830. The quantitative estimate of drug-likeness (QED) is 0.545. The van der Waals surface area contributed by atoms with E-state index in [0.29, 0.717) is 12.2 Å². The second kappa shape index (κ2) is 8.75. The number of hydrogen-bond donors (Lipinski definition) is 1. The maximum Gasteiger partial charge on any atom is 0.333 e. The topological polar surface area (TPSA) is 38.3 Å². The Labute approximate surface area is 86.5 Å². The zero-order valence-corrected chi connectivity index (χ0v) is 9.27. The fourth-order valence-electron chi connectivity index (χ4n) is 1.06.